The summed E-state index contributed by atoms with van der Waals surface area (Å²) in [7, 11) is 0. The van der Waals surface area contributed by atoms with Crippen LogP contribution in [0.5, 0.6) is 0 Å². The minimum Gasteiger partial charge on any atom is -0.595 e. The molecule has 2 rings (SSSR count). The summed E-state index contributed by atoms with van der Waals surface area (Å²) in [6, 6.07) is 6.96. The molecule has 1 aromatic carbocycles. The van der Waals surface area contributed by atoms with Gasteiger partial charge in [0.2, 0.25) is 0 Å². The van der Waals surface area contributed by atoms with Gasteiger partial charge >= 0.3 is 0 Å². The molecule has 0 radical (unpaired) electrons. The maximum atomic E-state index is 10.9. The highest BCUT2D eigenvalue weighted by Gasteiger charge is 2.51. The Morgan fingerprint density at radius 1 is 1.47 bits per heavy atom. The zero-order chi connectivity index (χ0) is 11.1. The van der Waals surface area contributed by atoms with Crippen molar-refractivity contribution in [3.8, 4) is 0 Å². The molecule has 2 atom stereocenters. The Morgan fingerprint density at radius 3 is 2.60 bits per heavy atom. The zero-order valence-corrected chi connectivity index (χ0v) is 9.42. The van der Waals surface area contributed by atoms with Crippen LogP contribution in [0, 0.1) is 11.1 Å². The Bertz CT molecular complexity index is 368. The van der Waals surface area contributed by atoms with E-state index in [1.54, 1.807) is 12.1 Å². The van der Waals surface area contributed by atoms with E-state index in [2.05, 4.69) is 0 Å². The number of para-hydroxylation sites is 1. The van der Waals surface area contributed by atoms with Crippen LogP contribution in [0.1, 0.15) is 12.0 Å². The van der Waals surface area contributed by atoms with Gasteiger partial charge in [0.05, 0.1) is 0 Å². The van der Waals surface area contributed by atoms with Gasteiger partial charge < -0.3 is 5.21 Å². The van der Waals surface area contributed by atoms with Gasteiger partial charge in [0, 0.05) is 11.6 Å². The predicted molar refractivity (Wildman–Crippen MR) is 58.5 cm³/mol. The van der Waals surface area contributed by atoms with E-state index < -0.39 is 9.56 Å². The van der Waals surface area contributed by atoms with Gasteiger partial charge in [0.15, 0.2) is 5.69 Å². The highest BCUT2D eigenvalue weighted by Crippen LogP contribution is 2.54. The number of rotatable bonds is 3. The molecule has 0 spiro atoms. The quantitative estimate of drug-likeness (QED) is 0.633. The first kappa shape index (κ1) is 11.2. The Morgan fingerprint density at radius 2 is 2.07 bits per heavy atom. The summed E-state index contributed by atoms with van der Waals surface area (Å²) >= 11 is 11.8. The average Bonchev–Trinajstić information content (AvgIpc) is 2.74. The van der Waals surface area contributed by atoms with Crippen molar-refractivity contribution >= 4 is 28.9 Å². The zero-order valence-electron chi connectivity index (χ0n) is 7.91. The van der Waals surface area contributed by atoms with Crippen molar-refractivity contribution in [3.63, 3.8) is 0 Å². The molecule has 1 aromatic rings. The third-order valence-corrected chi connectivity index (χ3v) is 3.60. The van der Waals surface area contributed by atoms with Gasteiger partial charge in [0.25, 0.3) is 0 Å². The van der Waals surface area contributed by atoms with Crippen LogP contribution in [-0.4, -0.2) is 9.54 Å². The first-order valence-electron chi connectivity index (χ1n) is 4.70. The van der Waals surface area contributed by atoms with E-state index in [0.29, 0.717) is 12.1 Å². The van der Waals surface area contributed by atoms with Gasteiger partial charge in [-0.05, 0) is 18.8 Å². The normalized spacial score (nSPS) is 24.9. The molecule has 0 aromatic heterocycles. The third-order valence-electron chi connectivity index (χ3n) is 2.67. The lowest BCUT2D eigenvalue weighted by atomic mass is 10.1. The van der Waals surface area contributed by atoms with E-state index in [1.807, 2.05) is 12.1 Å². The van der Waals surface area contributed by atoms with Crippen LogP contribution in [0.25, 0.3) is 0 Å². The van der Waals surface area contributed by atoms with E-state index in [-0.39, 0.29) is 5.92 Å². The van der Waals surface area contributed by atoms with Crippen LogP contribution >= 0.6 is 23.2 Å². The first-order chi connectivity index (χ1) is 7.00. The van der Waals surface area contributed by atoms with Crippen molar-refractivity contribution in [1.82, 2.24) is 0 Å². The Kier molecular flexibility index (Phi) is 2.92. The van der Waals surface area contributed by atoms with E-state index in [4.69, 9.17) is 28.4 Å². The standard InChI is InChI=1S/C10H11Cl2NO2/c11-10(12)6-8(10)5-7-3-1-2-4-9(7)13(14)15/h1-4,8,13-14H,5-6H2/t8-/m1/s1. The highest BCUT2D eigenvalue weighted by atomic mass is 35.5. The third kappa shape index (κ3) is 2.44. The summed E-state index contributed by atoms with van der Waals surface area (Å²) in [5, 5.41) is 19.0. The van der Waals surface area contributed by atoms with E-state index in [0.717, 1.165) is 12.0 Å². The Labute approximate surface area is 97.7 Å². The maximum absolute atomic E-state index is 10.9. The molecular weight excluding hydrogens is 237 g/mol. The molecule has 15 heavy (non-hydrogen) atoms. The molecule has 0 saturated heterocycles. The summed E-state index contributed by atoms with van der Waals surface area (Å²) in [6.07, 6.45) is 1.37. The number of nitrogens with one attached hydrogen (secondary N) is 1. The van der Waals surface area contributed by atoms with E-state index >= 15 is 0 Å². The molecule has 3 nitrogen and oxygen atoms in total. The van der Waals surface area contributed by atoms with Crippen LogP contribution in [-0.2, 0) is 6.42 Å². The molecule has 5 heteroatoms. The summed E-state index contributed by atoms with van der Waals surface area (Å²) in [4.78, 5) is 0. The molecule has 1 fully saturated rings. The summed E-state index contributed by atoms with van der Waals surface area (Å²) in [5.41, 5.74) is 1.15. The SMILES string of the molecule is [O-][NH+](O)c1ccccc1C[C@@H]1CC1(Cl)Cl. The molecule has 0 amide bonds. The Hall–Kier alpha value is -0.320. The predicted octanol–water partition coefficient (Wildman–Crippen LogP) is 1.83. The second-order valence-corrected chi connectivity index (χ2v) is 5.37. The monoisotopic (exact) mass is 247 g/mol. The number of benzene rings is 1. The minimum atomic E-state index is -0.902. The molecule has 1 saturated carbocycles. The lowest BCUT2D eigenvalue weighted by Crippen LogP contribution is -2.99. The van der Waals surface area contributed by atoms with Crippen molar-refractivity contribution < 1.29 is 10.4 Å². The van der Waals surface area contributed by atoms with Crippen molar-refractivity contribution in [3.05, 3.63) is 35.0 Å². The van der Waals surface area contributed by atoms with Gasteiger partial charge in [0.1, 0.15) is 4.33 Å². The van der Waals surface area contributed by atoms with Crippen LogP contribution < -0.4 is 5.23 Å². The highest BCUT2D eigenvalue weighted by molar-refractivity contribution is 6.50. The fourth-order valence-electron chi connectivity index (χ4n) is 1.66. The second-order valence-electron chi connectivity index (χ2n) is 3.83. The van der Waals surface area contributed by atoms with Crippen LogP contribution in [0.2, 0.25) is 0 Å². The number of hydrogen-bond acceptors (Lipinski definition) is 2. The smallest absolute Gasteiger partial charge is 0.166 e. The van der Waals surface area contributed by atoms with Crippen molar-refractivity contribution in [2.75, 3.05) is 0 Å². The largest absolute Gasteiger partial charge is 0.595 e. The van der Waals surface area contributed by atoms with Crippen molar-refractivity contribution in [1.29, 1.82) is 0 Å². The summed E-state index contributed by atoms with van der Waals surface area (Å²) in [6.45, 7) is 0. The molecular formula is C10H11Cl2NO2. The van der Waals surface area contributed by atoms with Crippen molar-refractivity contribution in [2.24, 2.45) is 5.92 Å². The van der Waals surface area contributed by atoms with Gasteiger partial charge in [-0.25, -0.2) is 5.21 Å². The molecule has 82 valence electrons. The van der Waals surface area contributed by atoms with Gasteiger partial charge in [-0.3, -0.25) is 0 Å². The maximum Gasteiger partial charge on any atom is 0.166 e. The lowest BCUT2D eigenvalue weighted by molar-refractivity contribution is -0.991. The van der Waals surface area contributed by atoms with Crippen molar-refractivity contribution in [2.45, 2.75) is 17.2 Å². The first-order valence-corrected chi connectivity index (χ1v) is 5.45. The molecule has 0 aliphatic heterocycles. The Balaban J connectivity index is 2.14. The molecule has 1 unspecified atom stereocenters. The molecule has 1 aliphatic carbocycles. The lowest BCUT2D eigenvalue weighted by Gasteiger charge is -2.15. The number of halogens is 2. The van der Waals surface area contributed by atoms with Gasteiger partial charge in [-0.2, -0.15) is 5.23 Å². The summed E-state index contributed by atoms with van der Waals surface area (Å²) < 4.78 is -0.647. The molecule has 0 heterocycles. The van der Waals surface area contributed by atoms with E-state index in [9.17, 15) is 5.21 Å². The number of alkyl halides is 2. The van der Waals surface area contributed by atoms with E-state index in [1.165, 1.54) is 0 Å². The second kappa shape index (κ2) is 3.92. The van der Waals surface area contributed by atoms with Crippen LogP contribution in [0.15, 0.2) is 24.3 Å². The molecule has 0 bridgehead atoms. The minimum absolute atomic E-state index is 0.182. The summed E-state index contributed by atoms with van der Waals surface area (Å²) in [5.74, 6) is 0.182. The topological polar surface area (TPSA) is 47.7 Å². The average molecular weight is 248 g/mol. The van der Waals surface area contributed by atoms with Gasteiger partial charge in [-0.15, -0.1) is 23.2 Å². The molecule has 2 N–H and O–H groups in total. The van der Waals surface area contributed by atoms with Crippen LogP contribution in [0.4, 0.5) is 5.69 Å². The fourth-order valence-corrected chi connectivity index (χ4v) is 2.19. The number of quaternary nitrogens is 1. The fraction of sp³-hybridized carbons (Fsp3) is 0.400. The van der Waals surface area contributed by atoms with Gasteiger partial charge in [-0.1, -0.05) is 18.2 Å². The van der Waals surface area contributed by atoms with Crippen LogP contribution in [0.3, 0.4) is 0 Å². The molecule has 1 aliphatic rings. The number of hydrogen-bond donors (Lipinski definition) is 2.